The Morgan fingerprint density at radius 3 is 1.71 bits per heavy atom. The van der Waals surface area contributed by atoms with Gasteiger partial charge in [0.05, 0.1) is 11.0 Å². The van der Waals surface area contributed by atoms with Crippen LogP contribution < -0.4 is 0 Å². The lowest BCUT2D eigenvalue weighted by Gasteiger charge is -2.12. The van der Waals surface area contributed by atoms with Crippen molar-refractivity contribution in [1.29, 1.82) is 0 Å². The molecule has 0 aliphatic carbocycles. The zero-order chi connectivity index (χ0) is 36.0. The molecule has 6 heteroatoms. The van der Waals surface area contributed by atoms with E-state index >= 15 is 0 Å². The van der Waals surface area contributed by atoms with Gasteiger partial charge in [-0.15, -0.1) is 22.7 Å². The van der Waals surface area contributed by atoms with Crippen LogP contribution in [0.1, 0.15) is 0 Å². The number of para-hydroxylation sites is 1. The zero-order valence-electron chi connectivity index (χ0n) is 29.3. The van der Waals surface area contributed by atoms with E-state index in [1.54, 1.807) is 0 Å². The maximum absolute atomic E-state index is 5.14. The van der Waals surface area contributed by atoms with Crippen LogP contribution in [0.15, 0.2) is 170 Å². The van der Waals surface area contributed by atoms with Crippen LogP contribution >= 0.6 is 22.7 Å². The topological polar surface area (TPSA) is 43.6 Å². The fourth-order valence-electron chi connectivity index (χ4n) is 8.42. The van der Waals surface area contributed by atoms with Crippen LogP contribution in [-0.2, 0) is 0 Å². The first-order chi connectivity index (χ1) is 27.3. The van der Waals surface area contributed by atoms with Crippen molar-refractivity contribution in [1.82, 2.24) is 19.5 Å². The maximum Gasteiger partial charge on any atom is 0.164 e. The molecule has 0 radical (unpaired) electrons. The largest absolute Gasteiger partial charge is 0.309 e. The minimum Gasteiger partial charge on any atom is -0.309 e. The summed E-state index contributed by atoms with van der Waals surface area (Å²) in [7, 11) is 0. The van der Waals surface area contributed by atoms with Crippen LogP contribution in [0.25, 0.3) is 113 Å². The van der Waals surface area contributed by atoms with Crippen LogP contribution in [0.4, 0.5) is 0 Å². The maximum atomic E-state index is 5.14. The van der Waals surface area contributed by atoms with E-state index in [-0.39, 0.29) is 0 Å². The third-order valence-corrected chi connectivity index (χ3v) is 13.1. The van der Waals surface area contributed by atoms with E-state index in [1.165, 1.54) is 67.5 Å². The van der Waals surface area contributed by atoms with Gasteiger partial charge in [-0.25, -0.2) is 15.0 Å². The minimum absolute atomic E-state index is 0.660. The summed E-state index contributed by atoms with van der Waals surface area (Å²) in [6, 6.07) is 60.6. The van der Waals surface area contributed by atoms with Crippen LogP contribution in [0.5, 0.6) is 0 Å². The fraction of sp³-hybridized carbons (Fsp3) is 0. The molecule has 55 heavy (non-hydrogen) atoms. The zero-order valence-corrected chi connectivity index (χ0v) is 30.9. The summed E-state index contributed by atoms with van der Waals surface area (Å²) in [5.74, 6) is 1.99. The first kappa shape index (κ1) is 30.7. The van der Waals surface area contributed by atoms with E-state index in [0.717, 1.165) is 27.8 Å². The lowest BCUT2D eigenvalue weighted by Crippen LogP contribution is -2.00. The summed E-state index contributed by atoms with van der Waals surface area (Å²) < 4.78 is 7.57. The molecule has 12 rings (SSSR count). The van der Waals surface area contributed by atoms with Gasteiger partial charge < -0.3 is 4.57 Å². The number of hydrogen-bond donors (Lipinski definition) is 0. The van der Waals surface area contributed by atoms with Crippen LogP contribution in [-0.4, -0.2) is 19.5 Å². The third-order valence-electron chi connectivity index (χ3n) is 10.8. The highest BCUT2D eigenvalue weighted by molar-refractivity contribution is 7.26. The van der Waals surface area contributed by atoms with E-state index in [0.29, 0.717) is 17.5 Å². The molecule has 0 atom stereocenters. The van der Waals surface area contributed by atoms with Gasteiger partial charge in [-0.05, 0) is 53.2 Å². The monoisotopic (exact) mass is 736 g/mol. The lowest BCUT2D eigenvalue weighted by atomic mass is 9.98. The van der Waals surface area contributed by atoms with Crippen molar-refractivity contribution in [2.45, 2.75) is 0 Å². The average Bonchev–Trinajstić information content (AvgIpc) is 3.93. The second-order valence-corrected chi connectivity index (χ2v) is 16.1. The molecule has 4 aromatic heterocycles. The number of fused-ring (bicyclic) bond motifs is 12. The lowest BCUT2D eigenvalue weighted by molar-refractivity contribution is 1.08. The standard InChI is InChI=1S/C49H28N4S2/c1-3-13-29(14-4-1)47-50-48(30-15-5-2-6-16-30)52-49(51-47)37-28-43-44(34-19-8-7-17-32(34)37)38-27-31(23-25-41(38)55-43)53-39-21-11-9-18-33(39)35-24-26-42-45(46(35)53)36-20-10-12-22-40(36)54-42/h1-28H. The van der Waals surface area contributed by atoms with Gasteiger partial charge in [-0.1, -0.05) is 127 Å². The van der Waals surface area contributed by atoms with Gasteiger partial charge in [0.15, 0.2) is 17.5 Å². The second kappa shape index (κ2) is 11.9. The Hall–Kier alpha value is -6.73. The molecule has 4 heterocycles. The number of rotatable bonds is 4. The highest BCUT2D eigenvalue weighted by atomic mass is 32.1. The molecule has 0 N–H and O–H groups in total. The van der Waals surface area contributed by atoms with Crippen LogP contribution in [0, 0.1) is 0 Å². The molecule has 0 unspecified atom stereocenters. The molecule has 0 saturated heterocycles. The van der Waals surface area contributed by atoms with Gasteiger partial charge in [0, 0.05) is 73.5 Å². The smallest absolute Gasteiger partial charge is 0.164 e. The normalized spacial score (nSPS) is 12.0. The molecular weight excluding hydrogens is 709 g/mol. The van der Waals surface area contributed by atoms with Gasteiger partial charge in [0.2, 0.25) is 0 Å². The molecule has 0 spiro atoms. The third kappa shape index (κ3) is 4.65. The molecule has 0 bridgehead atoms. The molecule has 0 saturated carbocycles. The highest BCUT2D eigenvalue weighted by Crippen LogP contribution is 2.46. The summed E-state index contributed by atoms with van der Waals surface area (Å²) in [5.41, 5.74) is 6.56. The Morgan fingerprint density at radius 1 is 0.364 bits per heavy atom. The Balaban J connectivity index is 1.12. The van der Waals surface area contributed by atoms with Crippen molar-refractivity contribution in [2.75, 3.05) is 0 Å². The number of thiophene rings is 2. The van der Waals surface area contributed by atoms with Crippen LogP contribution in [0.3, 0.4) is 0 Å². The molecule has 256 valence electrons. The van der Waals surface area contributed by atoms with Crippen molar-refractivity contribution in [3.63, 3.8) is 0 Å². The van der Waals surface area contributed by atoms with Crippen molar-refractivity contribution >= 4 is 95.6 Å². The number of hydrogen-bond acceptors (Lipinski definition) is 5. The predicted molar refractivity (Wildman–Crippen MR) is 234 cm³/mol. The van der Waals surface area contributed by atoms with Gasteiger partial charge >= 0.3 is 0 Å². The highest BCUT2D eigenvalue weighted by Gasteiger charge is 2.21. The quantitative estimate of drug-likeness (QED) is 0.181. The van der Waals surface area contributed by atoms with E-state index in [1.807, 2.05) is 59.1 Å². The van der Waals surface area contributed by atoms with Crippen molar-refractivity contribution in [3.05, 3.63) is 170 Å². The average molecular weight is 737 g/mol. The van der Waals surface area contributed by atoms with E-state index in [4.69, 9.17) is 15.0 Å². The molecule has 8 aromatic carbocycles. The number of aromatic nitrogens is 4. The summed E-state index contributed by atoms with van der Waals surface area (Å²) in [4.78, 5) is 15.2. The molecule has 4 nitrogen and oxygen atoms in total. The second-order valence-electron chi connectivity index (χ2n) is 13.9. The van der Waals surface area contributed by atoms with Gasteiger partial charge in [-0.3, -0.25) is 0 Å². The molecule has 0 aliphatic heterocycles. The number of benzene rings is 8. The first-order valence-corrected chi connectivity index (χ1v) is 20.0. The Labute approximate surface area is 323 Å². The van der Waals surface area contributed by atoms with E-state index < -0.39 is 0 Å². The number of nitrogens with zero attached hydrogens (tertiary/aromatic N) is 4. The molecular formula is C49H28N4S2. The molecule has 12 aromatic rings. The van der Waals surface area contributed by atoms with E-state index in [2.05, 4.69) is 138 Å². The van der Waals surface area contributed by atoms with Crippen LogP contribution in [0.2, 0.25) is 0 Å². The Bertz CT molecular complexity index is 3430. The van der Waals surface area contributed by atoms with Gasteiger partial charge in [0.1, 0.15) is 0 Å². The summed E-state index contributed by atoms with van der Waals surface area (Å²) in [5, 5.41) is 9.99. The van der Waals surface area contributed by atoms with Crippen molar-refractivity contribution < 1.29 is 0 Å². The van der Waals surface area contributed by atoms with Gasteiger partial charge in [-0.2, -0.15) is 0 Å². The SMILES string of the molecule is c1ccc(-c2nc(-c3ccccc3)nc(-c3cc4sc5ccc(-n6c7ccccc7c7ccc8sc9ccccc9c8c76)cc5c4c4ccccc34)n2)cc1. The molecule has 0 amide bonds. The summed E-state index contributed by atoms with van der Waals surface area (Å²) in [6.07, 6.45) is 0. The van der Waals surface area contributed by atoms with Crippen molar-refractivity contribution in [3.8, 4) is 39.9 Å². The van der Waals surface area contributed by atoms with Gasteiger partial charge in [0.25, 0.3) is 0 Å². The first-order valence-electron chi connectivity index (χ1n) is 18.4. The Morgan fingerprint density at radius 2 is 0.945 bits per heavy atom. The Kier molecular flexibility index (Phi) is 6.64. The summed E-state index contributed by atoms with van der Waals surface area (Å²) >= 11 is 3.70. The fourth-order valence-corrected chi connectivity index (χ4v) is 10.7. The molecule has 0 fully saturated rings. The van der Waals surface area contributed by atoms with Crippen molar-refractivity contribution in [2.24, 2.45) is 0 Å². The summed E-state index contributed by atoms with van der Waals surface area (Å²) in [6.45, 7) is 0. The predicted octanol–water partition coefficient (Wildman–Crippen LogP) is 13.9. The molecule has 0 aliphatic rings. The minimum atomic E-state index is 0.660. The van der Waals surface area contributed by atoms with E-state index in [9.17, 15) is 0 Å².